The second-order valence-corrected chi connectivity index (χ2v) is 8.02. The lowest BCUT2D eigenvalue weighted by molar-refractivity contribution is 0.0563. The molecule has 0 aliphatic carbocycles. The molecule has 2 aromatic rings. The highest BCUT2D eigenvalue weighted by Gasteiger charge is 2.31. The number of likely N-dealkylation sites (tertiary alicyclic amines) is 1. The fraction of sp³-hybridized carbons (Fsp3) is 0.435. The first kappa shape index (κ1) is 19.7. The average molecular weight is 397 g/mol. The third kappa shape index (κ3) is 4.22. The number of aromatic hydroxyl groups is 1. The largest absolute Gasteiger partial charge is 0.508 e. The predicted octanol–water partition coefficient (Wildman–Crippen LogP) is 3.27. The van der Waals surface area contributed by atoms with Gasteiger partial charge in [0.05, 0.1) is 5.69 Å². The van der Waals surface area contributed by atoms with Gasteiger partial charge in [0.2, 0.25) is 0 Å². The highest BCUT2D eigenvalue weighted by molar-refractivity contribution is 5.94. The molecular formula is C23H28FN3O2. The van der Waals surface area contributed by atoms with Crippen molar-refractivity contribution in [1.29, 1.82) is 0 Å². The molecule has 1 unspecified atom stereocenters. The number of halogens is 1. The molecular weight excluding hydrogens is 369 g/mol. The van der Waals surface area contributed by atoms with Gasteiger partial charge < -0.3 is 14.9 Å². The second kappa shape index (κ2) is 8.41. The molecule has 2 aliphatic rings. The van der Waals surface area contributed by atoms with E-state index in [9.17, 15) is 14.3 Å². The van der Waals surface area contributed by atoms with Crippen molar-refractivity contribution in [3.8, 4) is 5.75 Å². The van der Waals surface area contributed by atoms with Crippen LogP contribution in [0.2, 0.25) is 0 Å². The summed E-state index contributed by atoms with van der Waals surface area (Å²) in [5.74, 6) is -0.0274. The Bertz CT molecular complexity index is 880. The summed E-state index contributed by atoms with van der Waals surface area (Å²) < 4.78 is 14.1. The minimum Gasteiger partial charge on any atom is -0.508 e. The van der Waals surface area contributed by atoms with Gasteiger partial charge in [-0.15, -0.1) is 0 Å². The predicted molar refractivity (Wildman–Crippen MR) is 112 cm³/mol. The van der Waals surface area contributed by atoms with E-state index in [0.717, 1.165) is 51.1 Å². The van der Waals surface area contributed by atoms with Crippen molar-refractivity contribution in [3.05, 3.63) is 59.4 Å². The van der Waals surface area contributed by atoms with Gasteiger partial charge in [0.1, 0.15) is 11.6 Å². The molecule has 0 radical (unpaired) electrons. The lowest BCUT2D eigenvalue weighted by atomic mass is 10.0. The van der Waals surface area contributed by atoms with Gasteiger partial charge in [-0.3, -0.25) is 9.69 Å². The molecule has 0 bridgehead atoms. The SMILES string of the molecule is Cc1ccc(C(=O)N2CCCC(N3CCN(c4ccccc4F)CC3)C2)cc1O. The van der Waals surface area contributed by atoms with Gasteiger partial charge >= 0.3 is 0 Å². The molecule has 2 heterocycles. The Morgan fingerprint density at radius 2 is 1.83 bits per heavy atom. The number of phenolic OH excluding ortho intramolecular Hbond substituents is 1. The highest BCUT2D eigenvalue weighted by atomic mass is 19.1. The molecule has 5 nitrogen and oxygen atoms in total. The van der Waals surface area contributed by atoms with E-state index < -0.39 is 0 Å². The number of phenols is 1. The number of para-hydroxylation sites is 1. The molecule has 2 aliphatic heterocycles. The molecule has 2 aromatic carbocycles. The number of hydrogen-bond donors (Lipinski definition) is 1. The third-order valence-corrected chi connectivity index (χ3v) is 6.16. The summed E-state index contributed by atoms with van der Waals surface area (Å²) in [4.78, 5) is 19.4. The standard InChI is InChI=1S/C23H28FN3O2/c1-17-8-9-18(15-22(17)28)23(29)27-10-4-5-19(16-27)25-11-13-26(14-12-25)21-7-3-2-6-20(21)24/h2-3,6-9,15,19,28H,4-5,10-14,16H2,1H3. The van der Waals surface area contributed by atoms with Crippen LogP contribution >= 0.6 is 0 Å². The van der Waals surface area contributed by atoms with Crippen LogP contribution in [0.3, 0.4) is 0 Å². The summed E-state index contributed by atoms with van der Waals surface area (Å²) in [7, 11) is 0. The van der Waals surface area contributed by atoms with E-state index in [-0.39, 0.29) is 17.5 Å². The average Bonchev–Trinajstić information content (AvgIpc) is 2.76. The molecule has 29 heavy (non-hydrogen) atoms. The van der Waals surface area contributed by atoms with Crippen LogP contribution in [-0.2, 0) is 0 Å². The third-order valence-electron chi connectivity index (χ3n) is 6.16. The number of piperazine rings is 1. The van der Waals surface area contributed by atoms with Crippen molar-refractivity contribution in [2.24, 2.45) is 0 Å². The molecule has 1 atom stereocenters. The molecule has 0 spiro atoms. The quantitative estimate of drug-likeness (QED) is 0.864. The van der Waals surface area contributed by atoms with Crippen molar-refractivity contribution in [2.45, 2.75) is 25.8 Å². The maximum Gasteiger partial charge on any atom is 0.254 e. The van der Waals surface area contributed by atoms with Crippen LogP contribution < -0.4 is 4.90 Å². The number of hydrogen-bond acceptors (Lipinski definition) is 4. The van der Waals surface area contributed by atoms with Crippen LogP contribution in [0.15, 0.2) is 42.5 Å². The maximum absolute atomic E-state index is 14.1. The normalized spacial score (nSPS) is 20.7. The number of carbonyl (C=O) groups excluding carboxylic acids is 1. The van der Waals surface area contributed by atoms with Gasteiger partial charge in [-0.2, -0.15) is 0 Å². The van der Waals surface area contributed by atoms with E-state index in [1.165, 1.54) is 6.07 Å². The molecule has 2 saturated heterocycles. The summed E-state index contributed by atoms with van der Waals surface area (Å²) in [6.07, 6.45) is 2.05. The van der Waals surface area contributed by atoms with Gasteiger partial charge in [0, 0.05) is 50.9 Å². The number of piperidine rings is 1. The summed E-state index contributed by atoms with van der Waals surface area (Å²) in [6.45, 7) is 6.58. The van der Waals surface area contributed by atoms with Gasteiger partial charge in [0.25, 0.3) is 5.91 Å². The summed E-state index contributed by atoms with van der Waals surface area (Å²) in [5.41, 5.74) is 1.98. The number of aryl methyl sites for hydroxylation is 1. The number of nitrogens with zero attached hydrogens (tertiary/aromatic N) is 3. The number of carbonyl (C=O) groups is 1. The minimum atomic E-state index is -0.170. The van der Waals surface area contributed by atoms with E-state index in [4.69, 9.17) is 0 Å². The Morgan fingerprint density at radius 1 is 1.07 bits per heavy atom. The van der Waals surface area contributed by atoms with Crippen LogP contribution in [-0.4, -0.2) is 66.1 Å². The fourth-order valence-corrected chi connectivity index (χ4v) is 4.40. The molecule has 4 rings (SSSR count). The van der Waals surface area contributed by atoms with Crippen LogP contribution in [0.1, 0.15) is 28.8 Å². The maximum atomic E-state index is 14.1. The zero-order valence-corrected chi connectivity index (χ0v) is 16.9. The van der Waals surface area contributed by atoms with Crippen molar-refractivity contribution < 1.29 is 14.3 Å². The van der Waals surface area contributed by atoms with Gasteiger partial charge in [0.15, 0.2) is 0 Å². The van der Waals surface area contributed by atoms with E-state index in [1.807, 2.05) is 24.0 Å². The van der Waals surface area contributed by atoms with Crippen molar-refractivity contribution in [2.75, 3.05) is 44.2 Å². The topological polar surface area (TPSA) is 47.0 Å². The number of amides is 1. The first-order valence-electron chi connectivity index (χ1n) is 10.4. The lowest BCUT2D eigenvalue weighted by Crippen LogP contribution is -2.56. The van der Waals surface area contributed by atoms with Crippen molar-refractivity contribution in [3.63, 3.8) is 0 Å². The van der Waals surface area contributed by atoms with Crippen LogP contribution in [0.4, 0.5) is 10.1 Å². The summed E-state index contributed by atoms with van der Waals surface area (Å²) in [6, 6.07) is 12.4. The van der Waals surface area contributed by atoms with Crippen molar-refractivity contribution in [1.82, 2.24) is 9.80 Å². The Kier molecular flexibility index (Phi) is 5.72. The number of anilines is 1. The molecule has 0 saturated carbocycles. The van der Waals surface area contributed by atoms with Gasteiger partial charge in [-0.1, -0.05) is 18.2 Å². The smallest absolute Gasteiger partial charge is 0.254 e. The first-order chi connectivity index (χ1) is 14.0. The molecule has 0 aromatic heterocycles. The minimum absolute atomic E-state index is 0.0185. The van der Waals surface area contributed by atoms with E-state index in [0.29, 0.717) is 23.8 Å². The van der Waals surface area contributed by atoms with Gasteiger partial charge in [-0.05, 0) is 49.6 Å². The summed E-state index contributed by atoms with van der Waals surface area (Å²) in [5, 5.41) is 9.93. The Morgan fingerprint density at radius 3 is 2.55 bits per heavy atom. The Hall–Kier alpha value is -2.60. The monoisotopic (exact) mass is 397 g/mol. The van der Waals surface area contributed by atoms with Crippen LogP contribution in [0.5, 0.6) is 5.75 Å². The lowest BCUT2D eigenvalue weighted by Gasteiger charge is -2.44. The zero-order chi connectivity index (χ0) is 20.4. The molecule has 1 amide bonds. The van der Waals surface area contributed by atoms with Crippen molar-refractivity contribution >= 4 is 11.6 Å². The van der Waals surface area contributed by atoms with Gasteiger partial charge in [-0.25, -0.2) is 4.39 Å². The first-order valence-corrected chi connectivity index (χ1v) is 10.4. The molecule has 6 heteroatoms. The number of benzene rings is 2. The van der Waals surface area contributed by atoms with E-state index in [2.05, 4.69) is 9.80 Å². The van der Waals surface area contributed by atoms with Crippen LogP contribution in [0, 0.1) is 12.7 Å². The van der Waals surface area contributed by atoms with E-state index in [1.54, 1.807) is 24.3 Å². The second-order valence-electron chi connectivity index (χ2n) is 8.02. The Labute approximate surface area is 171 Å². The molecule has 1 N–H and O–H groups in total. The summed E-state index contributed by atoms with van der Waals surface area (Å²) >= 11 is 0. The molecule has 2 fully saturated rings. The highest BCUT2D eigenvalue weighted by Crippen LogP contribution is 2.24. The van der Waals surface area contributed by atoms with Crippen LogP contribution in [0.25, 0.3) is 0 Å². The zero-order valence-electron chi connectivity index (χ0n) is 16.9. The number of rotatable bonds is 3. The Balaban J connectivity index is 1.37. The fourth-order valence-electron chi connectivity index (χ4n) is 4.40. The van der Waals surface area contributed by atoms with E-state index >= 15 is 0 Å². The molecule has 154 valence electrons.